The summed E-state index contributed by atoms with van der Waals surface area (Å²) in [6.07, 6.45) is 1.06. The van der Waals surface area contributed by atoms with Crippen LogP contribution in [-0.4, -0.2) is 20.2 Å². The SMILES string of the molecule is CCC(C)NCc1cccc(OS(=O)(=O)CC)c1. The molecule has 1 aromatic rings. The van der Waals surface area contributed by atoms with Crippen LogP contribution in [0.3, 0.4) is 0 Å². The van der Waals surface area contributed by atoms with Crippen molar-refractivity contribution in [2.24, 2.45) is 0 Å². The third-order valence-corrected chi connectivity index (χ3v) is 3.90. The first kappa shape index (κ1) is 15.0. The van der Waals surface area contributed by atoms with Crippen molar-refractivity contribution in [2.45, 2.75) is 39.8 Å². The highest BCUT2D eigenvalue weighted by Gasteiger charge is 2.09. The van der Waals surface area contributed by atoms with Crippen LogP contribution < -0.4 is 9.50 Å². The van der Waals surface area contributed by atoms with E-state index >= 15 is 0 Å². The van der Waals surface area contributed by atoms with E-state index in [1.807, 2.05) is 6.07 Å². The van der Waals surface area contributed by atoms with Gasteiger partial charge in [-0.05, 0) is 38.0 Å². The molecule has 0 radical (unpaired) electrons. The van der Waals surface area contributed by atoms with Crippen LogP contribution in [0.2, 0.25) is 0 Å². The summed E-state index contributed by atoms with van der Waals surface area (Å²) in [5.74, 6) is 0.350. The Morgan fingerprint density at radius 2 is 2.06 bits per heavy atom. The van der Waals surface area contributed by atoms with Crippen molar-refractivity contribution in [3.8, 4) is 5.75 Å². The largest absolute Gasteiger partial charge is 0.382 e. The molecule has 0 bridgehead atoms. The summed E-state index contributed by atoms with van der Waals surface area (Å²) in [5, 5.41) is 3.35. The molecular weight excluding hydrogens is 250 g/mol. The zero-order valence-electron chi connectivity index (χ0n) is 11.1. The second-order valence-electron chi connectivity index (χ2n) is 4.27. The molecule has 0 saturated heterocycles. The van der Waals surface area contributed by atoms with Crippen LogP contribution in [-0.2, 0) is 16.7 Å². The van der Waals surface area contributed by atoms with Gasteiger partial charge in [-0.25, -0.2) is 0 Å². The number of hydrogen-bond donors (Lipinski definition) is 1. The molecule has 0 aromatic heterocycles. The molecule has 0 aliphatic rings. The van der Waals surface area contributed by atoms with Crippen molar-refractivity contribution in [3.63, 3.8) is 0 Å². The molecule has 0 spiro atoms. The first-order chi connectivity index (χ1) is 8.46. The minimum Gasteiger partial charge on any atom is -0.382 e. The number of benzene rings is 1. The van der Waals surface area contributed by atoms with Gasteiger partial charge in [0.2, 0.25) is 0 Å². The zero-order valence-corrected chi connectivity index (χ0v) is 12.0. The minimum atomic E-state index is -3.45. The predicted octanol–water partition coefficient (Wildman–Crippen LogP) is 2.30. The first-order valence-corrected chi connectivity index (χ1v) is 7.79. The second-order valence-corrected chi connectivity index (χ2v) is 6.13. The van der Waals surface area contributed by atoms with Gasteiger partial charge in [-0.3, -0.25) is 0 Å². The summed E-state index contributed by atoms with van der Waals surface area (Å²) in [7, 11) is -3.45. The maximum Gasteiger partial charge on any atom is 0.308 e. The molecular formula is C13H21NO3S. The summed E-state index contributed by atoms with van der Waals surface area (Å²) in [6, 6.07) is 7.59. The molecule has 1 aromatic carbocycles. The molecule has 0 aliphatic heterocycles. The van der Waals surface area contributed by atoms with Gasteiger partial charge in [-0.2, -0.15) is 8.42 Å². The van der Waals surface area contributed by atoms with Crippen LogP contribution in [0, 0.1) is 0 Å². The van der Waals surface area contributed by atoms with Crippen molar-refractivity contribution in [1.29, 1.82) is 0 Å². The molecule has 0 saturated carbocycles. The molecule has 1 atom stereocenters. The highest BCUT2D eigenvalue weighted by molar-refractivity contribution is 7.87. The van der Waals surface area contributed by atoms with Gasteiger partial charge < -0.3 is 9.50 Å². The van der Waals surface area contributed by atoms with Gasteiger partial charge in [-0.1, -0.05) is 19.1 Å². The molecule has 1 N–H and O–H groups in total. The smallest absolute Gasteiger partial charge is 0.308 e. The Labute approximate surface area is 109 Å². The van der Waals surface area contributed by atoms with Crippen LogP contribution in [0.4, 0.5) is 0 Å². The summed E-state index contributed by atoms with van der Waals surface area (Å²) in [4.78, 5) is 0. The van der Waals surface area contributed by atoms with Gasteiger partial charge >= 0.3 is 10.1 Å². The second kappa shape index (κ2) is 6.75. The fourth-order valence-electron chi connectivity index (χ4n) is 1.35. The van der Waals surface area contributed by atoms with Crippen LogP contribution in [0.15, 0.2) is 24.3 Å². The molecule has 4 nitrogen and oxygen atoms in total. The van der Waals surface area contributed by atoms with E-state index in [0.29, 0.717) is 18.3 Å². The van der Waals surface area contributed by atoms with Gasteiger partial charge in [0.25, 0.3) is 0 Å². The maximum absolute atomic E-state index is 11.4. The van der Waals surface area contributed by atoms with Crippen molar-refractivity contribution in [2.75, 3.05) is 5.75 Å². The van der Waals surface area contributed by atoms with E-state index in [2.05, 4.69) is 19.2 Å². The van der Waals surface area contributed by atoms with Crippen molar-refractivity contribution >= 4 is 10.1 Å². The Morgan fingerprint density at radius 1 is 1.33 bits per heavy atom. The summed E-state index contributed by atoms with van der Waals surface area (Å²) in [5.41, 5.74) is 1.01. The Bertz CT molecular complexity index is 471. The molecule has 1 unspecified atom stereocenters. The average molecular weight is 271 g/mol. The van der Waals surface area contributed by atoms with Crippen molar-refractivity contribution in [3.05, 3.63) is 29.8 Å². The van der Waals surface area contributed by atoms with Gasteiger partial charge in [0, 0.05) is 12.6 Å². The van der Waals surface area contributed by atoms with E-state index in [9.17, 15) is 8.42 Å². The molecule has 0 fully saturated rings. The Hall–Kier alpha value is -1.07. The van der Waals surface area contributed by atoms with E-state index < -0.39 is 10.1 Å². The third kappa shape index (κ3) is 5.06. The summed E-state index contributed by atoms with van der Waals surface area (Å²) in [6.45, 7) is 6.50. The standard InChI is InChI=1S/C13H21NO3S/c1-4-11(3)14-10-12-7-6-8-13(9-12)17-18(15,16)5-2/h6-9,11,14H,4-5,10H2,1-3H3. The van der Waals surface area contributed by atoms with Crippen molar-refractivity contribution < 1.29 is 12.6 Å². The fourth-order valence-corrected chi connectivity index (χ4v) is 1.86. The molecule has 1 rings (SSSR count). The average Bonchev–Trinajstić information content (AvgIpc) is 2.36. The van der Waals surface area contributed by atoms with E-state index in [1.165, 1.54) is 0 Å². The lowest BCUT2D eigenvalue weighted by atomic mass is 10.2. The highest BCUT2D eigenvalue weighted by Crippen LogP contribution is 2.15. The van der Waals surface area contributed by atoms with E-state index in [4.69, 9.17) is 4.18 Å². The quantitative estimate of drug-likeness (QED) is 0.773. The molecule has 102 valence electrons. The molecule has 0 heterocycles. The lowest BCUT2D eigenvalue weighted by Gasteiger charge is -2.12. The zero-order chi connectivity index (χ0) is 13.6. The highest BCUT2D eigenvalue weighted by atomic mass is 32.2. The van der Waals surface area contributed by atoms with Gasteiger partial charge in [0.1, 0.15) is 5.75 Å². The molecule has 18 heavy (non-hydrogen) atoms. The molecule has 5 heteroatoms. The number of hydrogen-bond acceptors (Lipinski definition) is 4. The number of rotatable bonds is 7. The summed E-state index contributed by atoms with van der Waals surface area (Å²) >= 11 is 0. The lowest BCUT2D eigenvalue weighted by molar-refractivity contribution is 0.486. The summed E-state index contributed by atoms with van der Waals surface area (Å²) < 4.78 is 27.7. The van der Waals surface area contributed by atoms with E-state index in [-0.39, 0.29) is 5.75 Å². The maximum atomic E-state index is 11.4. The predicted molar refractivity (Wildman–Crippen MR) is 73.1 cm³/mol. The number of nitrogens with one attached hydrogen (secondary N) is 1. The Kier molecular flexibility index (Phi) is 5.62. The van der Waals surface area contributed by atoms with Crippen LogP contribution >= 0.6 is 0 Å². The first-order valence-electron chi connectivity index (χ1n) is 6.21. The van der Waals surface area contributed by atoms with E-state index in [1.54, 1.807) is 25.1 Å². The van der Waals surface area contributed by atoms with Crippen LogP contribution in [0.5, 0.6) is 5.75 Å². The van der Waals surface area contributed by atoms with Crippen LogP contribution in [0.25, 0.3) is 0 Å². The van der Waals surface area contributed by atoms with Gasteiger partial charge in [0.05, 0.1) is 5.75 Å². The van der Waals surface area contributed by atoms with Gasteiger partial charge in [0.15, 0.2) is 0 Å². The van der Waals surface area contributed by atoms with Crippen molar-refractivity contribution in [1.82, 2.24) is 5.32 Å². The monoisotopic (exact) mass is 271 g/mol. The Balaban J connectivity index is 2.68. The topological polar surface area (TPSA) is 55.4 Å². The molecule has 0 amide bonds. The van der Waals surface area contributed by atoms with Crippen LogP contribution in [0.1, 0.15) is 32.8 Å². The fraction of sp³-hybridized carbons (Fsp3) is 0.538. The normalized spacial score (nSPS) is 13.3. The third-order valence-electron chi connectivity index (χ3n) is 2.74. The van der Waals surface area contributed by atoms with E-state index in [0.717, 1.165) is 12.0 Å². The minimum absolute atomic E-state index is 0.0254. The molecule has 0 aliphatic carbocycles. The lowest BCUT2D eigenvalue weighted by Crippen LogP contribution is -2.24. The van der Waals surface area contributed by atoms with Gasteiger partial charge in [-0.15, -0.1) is 0 Å². The Morgan fingerprint density at radius 3 is 2.67 bits per heavy atom.